The van der Waals surface area contributed by atoms with E-state index in [9.17, 15) is 18.0 Å². The Kier molecular flexibility index (Phi) is 5.17. The zero-order valence-electron chi connectivity index (χ0n) is 15.1. The molecule has 10 heteroatoms. The summed E-state index contributed by atoms with van der Waals surface area (Å²) < 4.78 is 28.0. The molecule has 1 aromatic heterocycles. The highest BCUT2D eigenvalue weighted by Crippen LogP contribution is 2.31. The van der Waals surface area contributed by atoms with Gasteiger partial charge in [0.2, 0.25) is 0 Å². The second-order valence-electron chi connectivity index (χ2n) is 6.80. The molecule has 0 unspecified atom stereocenters. The second-order valence-corrected chi connectivity index (χ2v) is 11.4. The van der Waals surface area contributed by atoms with Gasteiger partial charge in [-0.1, -0.05) is 11.6 Å². The molecule has 0 aliphatic carbocycles. The number of carbonyl (C=O) groups excluding carboxylic acids is 2. The van der Waals surface area contributed by atoms with E-state index < -0.39 is 21.7 Å². The minimum Gasteiger partial charge on any atom is -0.291 e. The van der Waals surface area contributed by atoms with Gasteiger partial charge in [-0.05, 0) is 47.1 Å². The lowest BCUT2D eigenvalue weighted by Crippen LogP contribution is -2.52. The maximum absolute atomic E-state index is 12.7. The van der Waals surface area contributed by atoms with E-state index in [2.05, 4.69) is 15.9 Å². The number of fused-ring (bicyclic) bond motifs is 1. The normalized spacial score (nSPS) is 18.7. The Labute approximate surface area is 175 Å². The third-order valence-corrected chi connectivity index (χ3v) is 8.93. The van der Waals surface area contributed by atoms with Crippen molar-refractivity contribution in [3.05, 3.63) is 45.2 Å². The molecule has 1 aromatic carbocycles. The van der Waals surface area contributed by atoms with E-state index in [4.69, 9.17) is 0 Å². The molecule has 0 saturated carbocycles. The van der Waals surface area contributed by atoms with E-state index in [1.807, 2.05) is 17.9 Å². The molecule has 7 nitrogen and oxygen atoms in total. The maximum atomic E-state index is 12.7. The SMILES string of the molecule is Cc1ccc2c(c1)C(=O)C(=O)N2CN1CCN(S(=O)(=O)c2ccc(Br)s2)CC1. The number of nitrogens with zero attached hydrogens (tertiary/aromatic N) is 3. The molecule has 4 rings (SSSR count). The summed E-state index contributed by atoms with van der Waals surface area (Å²) in [5.41, 5.74) is 1.99. The summed E-state index contributed by atoms with van der Waals surface area (Å²) in [5.74, 6) is -1.01. The predicted molar refractivity (Wildman–Crippen MR) is 110 cm³/mol. The van der Waals surface area contributed by atoms with Gasteiger partial charge in [0.1, 0.15) is 4.21 Å². The zero-order chi connectivity index (χ0) is 20.1. The molecular weight excluding hydrogens is 466 g/mol. The number of halogens is 1. The summed E-state index contributed by atoms with van der Waals surface area (Å²) >= 11 is 4.49. The van der Waals surface area contributed by atoms with Gasteiger partial charge in [0.25, 0.3) is 15.8 Å². The highest BCUT2D eigenvalue weighted by molar-refractivity contribution is 9.11. The van der Waals surface area contributed by atoms with Crippen LogP contribution in [-0.2, 0) is 14.8 Å². The van der Waals surface area contributed by atoms with Crippen molar-refractivity contribution < 1.29 is 18.0 Å². The molecule has 1 saturated heterocycles. The first-order valence-corrected chi connectivity index (χ1v) is 11.8. The summed E-state index contributed by atoms with van der Waals surface area (Å²) in [6.45, 7) is 3.82. The predicted octanol–water partition coefficient (Wildman–Crippen LogP) is 2.31. The summed E-state index contributed by atoms with van der Waals surface area (Å²) in [6.07, 6.45) is 0. The van der Waals surface area contributed by atoms with Crippen molar-refractivity contribution in [2.24, 2.45) is 0 Å². The molecule has 2 aliphatic heterocycles. The molecule has 2 aromatic rings. The summed E-state index contributed by atoms with van der Waals surface area (Å²) in [6, 6.07) is 8.73. The summed E-state index contributed by atoms with van der Waals surface area (Å²) in [5, 5.41) is 0. The van der Waals surface area contributed by atoms with Gasteiger partial charge in [-0.3, -0.25) is 19.4 Å². The number of piperazine rings is 1. The lowest BCUT2D eigenvalue weighted by atomic mass is 10.1. The molecule has 148 valence electrons. The molecule has 28 heavy (non-hydrogen) atoms. The number of benzene rings is 1. The number of rotatable bonds is 4. The number of amides is 1. The van der Waals surface area contributed by atoms with Crippen LogP contribution in [-0.4, -0.2) is 62.2 Å². The van der Waals surface area contributed by atoms with Crippen molar-refractivity contribution in [1.29, 1.82) is 0 Å². The van der Waals surface area contributed by atoms with Crippen LogP contribution in [0.2, 0.25) is 0 Å². The fourth-order valence-corrected chi connectivity index (χ4v) is 7.02. The van der Waals surface area contributed by atoms with E-state index >= 15 is 0 Å². The van der Waals surface area contributed by atoms with Crippen LogP contribution in [0, 0.1) is 6.92 Å². The van der Waals surface area contributed by atoms with Crippen LogP contribution in [0.3, 0.4) is 0 Å². The molecule has 0 bridgehead atoms. The average Bonchev–Trinajstić information content (AvgIpc) is 3.21. The molecule has 0 N–H and O–H groups in total. The lowest BCUT2D eigenvalue weighted by Gasteiger charge is -2.35. The molecule has 1 fully saturated rings. The van der Waals surface area contributed by atoms with Crippen molar-refractivity contribution in [3.63, 3.8) is 0 Å². The first-order valence-electron chi connectivity index (χ1n) is 8.72. The fourth-order valence-electron chi connectivity index (χ4n) is 3.43. The van der Waals surface area contributed by atoms with Crippen LogP contribution in [0.1, 0.15) is 15.9 Å². The monoisotopic (exact) mass is 483 g/mol. The zero-order valence-corrected chi connectivity index (χ0v) is 18.3. The standard InChI is InChI=1S/C18H18BrN3O4S2/c1-12-2-3-14-13(10-12)17(23)18(24)22(14)11-20-6-8-21(9-7-20)28(25,26)16-5-4-15(19)27-16/h2-5,10H,6-9,11H2,1H3. The first-order chi connectivity index (χ1) is 13.3. The number of sulfonamides is 1. The largest absolute Gasteiger partial charge is 0.300 e. The van der Waals surface area contributed by atoms with E-state index in [0.717, 1.165) is 9.35 Å². The van der Waals surface area contributed by atoms with Crippen LogP contribution in [0.25, 0.3) is 0 Å². The van der Waals surface area contributed by atoms with E-state index in [1.165, 1.54) is 20.5 Å². The van der Waals surface area contributed by atoms with E-state index in [1.54, 1.807) is 24.3 Å². The molecule has 0 spiro atoms. The molecule has 0 radical (unpaired) electrons. The summed E-state index contributed by atoms with van der Waals surface area (Å²) in [7, 11) is -3.50. The highest BCUT2D eigenvalue weighted by Gasteiger charge is 2.37. The van der Waals surface area contributed by atoms with Gasteiger partial charge in [0, 0.05) is 26.2 Å². The number of Topliss-reactive ketones (excluding diaryl/α,β-unsaturated/α-hetero) is 1. The van der Waals surface area contributed by atoms with Gasteiger partial charge in [0.15, 0.2) is 0 Å². The Morgan fingerprint density at radius 3 is 2.43 bits per heavy atom. The number of carbonyl (C=O) groups is 2. The molecule has 0 atom stereocenters. The van der Waals surface area contributed by atoms with Crippen molar-refractivity contribution in [2.45, 2.75) is 11.1 Å². The second kappa shape index (κ2) is 7.34. The number of aryl methyl sites for hydroxylation is 1. The highest BCUT2D eigenvalue weighted by atomic mass is 79.9. The Hall–Kier alpha value is -1.59. The van der Waals surface area contributed by atoms with Gasteiger partial charge in [-0.15, -0.1) is 11.3 Å². The Bertz CT molecular complexity index is 1060. The molecular formula is C18H18BrN3O4S2. The van der Waals surface area contributed by atoms with Gasteiger partial charge < -0.3 is 0 Å². The fraction of sp³-hybridized carbons (Fsp3) is 0.333. The Morgan fingerprint density at radius 2 is 1.79 bits per heavy atom. The third kappa shape index (κ3) is 3.43. The molecule has 2 aliphatic rings. The van der Waals surface area contributed by atoms with E-state index in [-0.39, 0.29) is 6.67 Å². The van der Waals surface area contributed by atoms with Crippen LogP contribution >= 0.6 is 27.3 Å². The number of anilines is 1. The number of hydrogen-bond donors (Lipinski definition) is 0. The molecule has 1 amide bonds. The Morgan fingerprint density at radius 1 is 1.07 bits per heavy atom. The smallest absolute Gasteiger partial charge is 0.291 e. The van der Waals surface area contributed by atoms with Crippen LogP contribution in [0.5, 0.6) is 0 Å². The minimum absolute atomic E-state index is 0.277. The van der Waals surface area contributed by atoms with Crippen LogP contribution < -0.4 is 4.90 Å². The topological polar surface area (TPSA) is 78.0 Å². The van der Waals surface area contributed by atoms with Gasteiger partial charge in [-0.2, -0.15) is 4.31 Å². The van der Waals surface area contributed by atoms with Crippen LogP contribution in [0.4, 0.5) is 5.69 Å². The Balaban J connectivity index is 1.44. The maximum Gasteiger partial charge on any atom is 0.300 e. The van der Waals surface area contributed by atoms with Crippen LogP contribution in [0.15, 0.2) is 38.3 Å². The average molecular weight is 484 g/mol. The van der Waals surface area contributed by atoms with Gasteiger partial charge in [0.05, 0.1) is 21.7 Å². The van der Waals surface area contributed by atoms with Gasteiger partial charge in [-0.25, -0.2) is 8.42 Å². The number of ketones is 1. The minimum atomic E-state index is -3.50. The number of thiophene rings is 1. The van der Waals surface area contributed by atoms with E-state index in [0.29, 0.717) is 41.6 Å². The molecule has 3 heterocycles. The quantitative estimate of drug-likeness (QED) is 0.623. The summed E-state index contributed by atoms with van der Waals surface area (Å²) in [4.78, 5) is 28.1. The van der Waals surface area contributed by atoms with Crippen molar-refractivity contribution >= 4 is 54.7 Å². The van der Waals surface area contributed by atoms with Crippen molar-refractivity contribution in [1.82, 2.24) is 9.21 Å². The first kappa shape index (κ1) is 19.7. The third-order valence-electron chi connectivity index (χ3n) is 4.94. The lowest BCUT2D eigenvalue weighted by molar-refractivity contribution is -0.114. The van der Waals surface area contributed by atoms with Gasteiger partial charge >= 0.3 is 5.91 Å². The number of hydrogen-bond acceptors (Lipinski definition) is 6. The van der Waals surface area contributed by atoms with Crippen molar-refractivity contribution in [2.75, 3.05) is 37.7 Å². The van der Waals surface area contributed by atoms with Crippen molar-refractivity contribution in [3.8, 4) is 0 Å².